The maximum atomic E-state index is 12.5. The third-order valence-electron chi connectivity index (χ3n) is 4.50. The fourth-order valence-corrected chi connectivity index (χ4v) is 3.35. The highest BCUT2D eigenvalue weighted by Gasteiger charge is 2.47. The topological polar surface area (TPSA) is 77.4 Å². The molecule has 4 heterocycles. The largest absolute Gasteiger partial charge is 0.458 e. The smallest absolute Gasteiger partial charge is 0.316 e. The Morgan fingerprint density at radius 1 is 1.29 bits per heavy atom. The fourth-order valence-electron chi connectivity index (χ4n) is 3.35. The fraction of sp³-hybridized carbons (Fsp3) is 0.412. The summed E-state index contributed by atoms with van der Waals surface area (Å²) in [5, 5.41) is 0. The first-order valence-electron chi connectivity index (χ1n) is 8.01. The van der Waals surface area contributed by atoms with Gasteiger partial charge in [0, 0.05) is 37.8 Å². The van der Waals surface area contributed by atoms with Crippen LogP contribution in [0.4, 0.5) is 0 Å². The molecule has 7 heteroatoms. The van der Waals surface area contributed by atoms with E-state index in [-0.39, 0.29) is 17.6 Å². The van der Waals surface area contributed by atoms with Gasteiger partial charge in [0.15, 0.2) is 0 Å². The predicted molar refractivity (Wildman–Crippen MR) is 84.5 cm³/mol. The molecule has 2 aromatic rings. The number of amides is 1. The minimum atomic E-state index is -0.322. The first-order valence-corrected chi connectivity index (χ1v) is 8.01. The van der Waals surface area contributed by atoms with Crippen LogP contribution in [0.5, 0.6) is 6.01 Å². The van der Waals surface area contributed by atoms with Crippen molar-refractivity contribution >= 4 is 5.91 Å². The summed E-state index contributed by atoms with van der Waals surface area (Å²) in [6, 6.07) is 5.67. The molecule has 1 amide bonds. The quantitative estimate of drug-likeness (QED) is 0.847. The molecule has 2 unspecified atom stereocenters. The summed E-state index contributed by atoms with van der Waals surface area (Å²) in [7, 11) is 0. The van der Waals surface area contributed by atoms with E-state index in [9.17, 15) is 4.79 Å². The summed E-state index contributed by atoms with van der Waals surface area (Å²) < 4.78 is 11.8. The van der Waals surface area contributed by atoms with Crippen LogP contribution >= 0.6 is 0 Å². The zero-order valence-electron chi connectivity index (χ0n) is 13.2. The lowest BCUT2D eigenvalue weighted by Crippen LogP contribution is -2.36. The average Bonchev–Trinajstić information content (AvgIpc) is 3.23. The highest BCUT2D eigenvalue weighted by atomic mass is 16.6. The molecule has 2 saturated heterocycles. The van der Waals surface area contributed by atoms with Gasteiger partial charge in [-0.15, -0.1) is 0 Å². The Labute approximate surface area is 139 Å². The Bertz CT molecular complexity index is 712. The molecule has 2 atom stereocenters. The lowest BCUT2D eigenvalue weighted by atomic mass is 9.98. The number of hydrogen-bond donors (Lipinski definition) is 0. The first-order chi connectivity index (χ1) is 11.7. The van der Waals surface area contributed by atoms with Gasteiger partial charge in [0.2, 0.25) is 0 Å². The molecule has 2 aromatic heterocycles. The molecule has 0 bridgehead atoms. The summed E-state index contributed by atoms with van der Waals surface area (Å²) in [5.74, 6) is -0.000615. The van der Waals surface area contributed by atoms with Crippen LogP contribution in [-0.4, -0.2) is 57.2 Å². The first kappa shape index (κ1) is 15.0. The molecule has 0 saturated carbocycles. The molecule has 124 valence electrons. The number of carbonyl (C=O) groups excluding carboxylic acids is 1. The molecule has 4 rings (SSSR count). The van der Waals surface area contributed by atoms with Crippen molar-refractivity contribution in [2.45, 2.75) is 24.5 Å². The highest BCUT2D eigenvalue weighted by molar-refractivity contribution is 5.94. The second kappa shape index (κ2) is 6.16. The summed E-state index contributed by atoms with van der Waals surface area (Å²) in [5.41, 5.74) is 0.287. The Balaban J connectivity index is 1.39. The molecule has 24 heavy (non-hydrogen) atoms. The second-order valence-electron chi connectivity index (χ2n) is 6.19. The normalized spacial score (nSPS) is 26.0. The van der Waals surface area contributed by atoms with Crippen LogP contribution in [0.15, 0.2) is 43.0 Å². The molecule has 2 aliphatic heterocycles. The lowest BCUT2D eigenvalue weighted by Gasteiger charge is -2.23. The van der Waals surface area contributed by atoms with Crippen molar-refractivity contribution < 1.29 is 14.3 Å². The number of hydrogen-bond acceptors (Lipinski definition) is 6. The van der Waals surface area contributed by atoms with Gasteiger partial charge in [0.05, 0.1) is 24.3 Å². The van der Waals surface area contributed by atoms with Crippen molar-refractivity contribution in [1.29, 1.82) is 0 Å². The van der Waals surface area contributed by atoms with E-state index in [1.165, 1.54) is 0 Å². The zero-order valence-corrected chi connectivity index (χ0v) is 13.2. The Hall–Kier alpha value is -2.54. The molecule has 2 aliphatic rings. The van der Waals surface area contributed by atoms with Gasteiger partial charge in [-0.1, -0.05) is 0 Å². The van der Waals surface area contributed by atoms with Crippen LogP contribution in [0.25, 0.3) is 0 Å². The van der Waals surface area contributed by atoms with Gasteiger partial charge in [-0.25, -0.2) is 9.97 Å². The number of aromatic nitrogens is 3. The average molecular weight is 326 g/mol. The molecule has 7 nitrogen and oxygen atoms in total. The van der Waals surface area contributed by atoms with E-state index < -0.39 is 0 Å². The van der Waals surface area contributed by atoms with E-state index in [1.807, 2.05) is 4.90 Å². The van der Waals surface area contributed by atoms with Crippen molar-refractivity contribution in [3.05, 3.63) is 48.5 Å². The van der Waals surface area contributed by atoms with E-state index in [2.05, 4.69) is 15.0 Å². The SMILES string of the molecule is O=C(c1cccnc1)N1CCC2(CC(Oc3ncccn3)CO2)C1. The Morgan fingerprint density at radius 3 is 2.96 bits per heavy atom. The molecular weight excluding hydrogens is 308 g/mol. The predicted octanol–water partition coefficient (Wildman–Crippen LogP) is 1.32. The zero-order chi connectivity index (χ0) is 16.4. The Kier molecular flexibility index (Phi) is 3.86. The highest BCUT2D eigenvalue weighted by Crippen LogP contribution is 2.36. The van der Waals surface area contributed by atoms with Gasteiger partial charge < -0.3 is 14.4 Å². The monoisotopic (exact) mass is 326 g/mol. The summed E-state index contributed by atoms with van der Waals surface area (Å²) in [4.78, 5) is 26.5. The van der Waals surface area contributed by atoms with Gasteiger partial charge in [-0.2, -0.15) is 0 Å². The maximum Gasteiger partial charge on any atom is 0.316 e. The molecule has 0 aliphatic carbocycles. The molecule has 0 N–H and O–H groups in total. The van der Waals surface area contributed by atoms with E-state index in [0.29, 0.717) is 31.3 Å². The standard InChI is InChI=1S/C17H18N4O3/c22-15(13-3-1-5-18-10-13)21-8-4-17(12-21)9-14(11-23-17)24-16-19-6-2-7-20-16/h1-3,5-7,10,14H,4,8-9,11-12H2. The van der Waals surface area contributed by atoms with E-state index in [0.717, 1.165) is 12.8 Å². The third kappa shape index (κ3) is 2.94. The van der Waals surface area contributed by atoms with Gasteiger partial charge in [-0.05, 0) is 24.6 Å². The van der Waals surface area contributed by atoms with Crippen molar-refractivity contribution in [3.63, 3.8) is 0 Å². The van der Waals surface area contributed by atoms with Crippen molar-refractivity contribution in [3.8, 4) is 6.01 Å². The molecular formula is C17H18N4O3. The van der Waals surface area contributed by atoms with Crippen molar-refractivity contribution in [2.24, 2.45) is 0 Å². The number of nitrogens with zero attached hydrogens (tertiary/aromatic N) is 4. The molecule has 2 fully saturated rings. The summed E-state index contributed by atoms with van der Waals surface area (Å²) in [6.07, 6.45) is 8.03. The van der Waals surface area contributed by atoms with E-state index in [4.69, 9.17) is 9.47 Å². The van der Waals surface area contributed by atoms with E-state index >= 15 is 0 Å². The maximum absolute atomic E-state index is 12.5. The molecule has 0 aromatic carbocycles. The van der Waals surface area contributed by atoms with E-state index in [1.54, 1.807) is 43.0 Å². The number of carbonyl (C=O) groups is 1. The van der Waals surface area contributed by atoms with Gasteiger partial charge in [0.25, 0.3) is 5.91 Å². The van der Waals surface area contributed by atoms with Gasteiger partial charge >= 0.3 is 6.01 Å². The van der Waals surface area contributed by atoms with Crippen molar-refractivity contribution in [2.75, 3.05) is 19.7 Å². The van der Waals surface area contributed by atoms with Gasteiger partial charge in [-0.3, -0.25) is 9.78 Å². The third-order valence-corrected chi connectivity index (χ3v) is 4.50. The van der Waals surface area contributed by atoms with Gasteiger partial charge in [0.1, 0.15) is 6.10 Å². The lowest BCUT2D eigenvalue weighted by molar-refractivity contribution is 0.00973. The number of pyridine rings is 1. The van der Waals surface area contributed by atoms with Crippen molar-refractivity contribution in [1.82, 2.24) is 19.9 Å². The summed E-state index contributed by atoms with van der Waals surface area (Å²) in [6.45, 7) is 1.76. The minimum Gasteiger partial charge on any atom is -0.458 e. The summed E-state index contributed by atoms with van der Waals surface area (Å²) >= 11 is 0. The van der Waals surface area contributed by atoms with Crippen LogP contribution in [0.2, 0.25) is 0 Å². The number of likely N-dealkylation sites (tertiary alicyclic amines) is 1. The van der Waals surface area contributed by atoms with Crippen LogP contribution < -0.4 is 4.74 Å². The van der Waals surface area contributed by atoms with Crippen LogP contribution in [0, 0.1) is 0 Å². The number of ether oxygens (including phenoxy) is 2. The van der Waals surface area contributed by atoms with Crippen LogP contribution in [0.1, 0.15) is 23.2 Å². The molecule has 0 radical (unpaired) electrons. The molecule has 1 spiro atoms. The minimum absolute atomic E-state index is 0.000615. The number of rotatable bonds is 3. The second-order valence-corrected chi connectivity index (χ2v) is 6.19. The van der Waals surface area contributed by atoms with Crippen LogP contribution in [-0.2, 0) is 4.74 Å². The Morgan fingerprint density at radius 2 is 2.17 bits per heavy atom. The van der Waals surface area contributed by atoms with Crippen LogP contribution in [0.3, 0.4) is 0 Å².